The van der Waals surface area contributed by atoms with Crippen molar-refractivity contribution in [3.05, 3.63) is 29.8 Å². The summed E-state index contributed by atoms with van der Waals surface area (Å²) < 4.78 is 0. The van der Waals surface area contributed by atoms with E-state index in [2.05, 4.69) is 45.0 Å². The lowest BCUT2D eigenvalue weighted by Gasteiger charge is -2.20. The molecule has 0 heterocycles. The van der Waals surface area contributed by atoms with Gasteiger partial charge in [0.2, 0.25) is 0 Å². The minimum Gasteiger partial charge on any atom is -0.0750 e. The first-order chi connectivity index (χ1) is 9.29. The number of hydrogen-bond acceptors (Lipinski definition) is 0. The van der Waals surface area contributed by atoms with Crippen LogP contribution in [0.15, 0.2) is 24.3 Å². The number of aryl methyl sites for hydroxylation is 1. The quantitative estimate of drug-likeness (QED) is 0.371. The normalized spacial score (nSPS) is 12.6. The van der Waals surface area contributed by atoms with Gasteiger partial charge in [0.15, 0.2) is 0 Å². The van der Waals surface area contributed by atoms with Gasteiger partial charge in [-0.3, -0.25) is 0 Å². The highest BCUT2D eigenvalue weighted by Gasteiger charge is 2.12. The van der Waals surface area contributed by atoms with Gasteiger partial charge in [0.1, 0.15) is 0 Å². The predicted molar refractivity (Wildman–Crippen MR) is 91.1 cm³/mol. The van der Waals surface area contributed by atoms with E-state index >= 15 is 0 Å². The molecule has 0 N–H and O–H groups in total. The van der Waals surface area contributed by atoms with Gasteiger partial charge in [0.05, 0.1) is 0 Å². The molecule has 1 heteroatoms. The van der Waals surface area contributed by atoms with Crippen LogP contribution in [0.4, 0.5) is 0 Å². The number of unbranched alkanes of at least 4 members (excludes halogenated alkanes) is 5. The van der Waals surface area contributed by atoms with Crippen molar-refractivity contribution in [1.29, 1.82) is 0 Å². The van der Waals surface area contributed by atoms with Crippen molar-refractivity contribution in [2.75, 3.05) is 12.3 Å². The van der Waals surface area contributed by atoms with Gasteiger partial charge in [0, 0.05) is 0 Å². The van der Waals surface area contributed by atoms with Gasteiger partial charge in [-0.1, -0.05) is 78.1 Å². The highest BCUT2D eigenvalue weighted by atomic mass is 31.1. The van der Waals surface area contributed by atoms with Crippen LogP contribution in [0.2, 0.25) is 0 Å². The summed E-state index contributed by atoms with van der Waals surface area (Å²) in [6, 6.07) is 9.07. The van der Waals surface area contributed by atoms with Crippen LogP contribution in [-0.4, -0.2) is 12.3 Å². The molecule has 0 fully saturated rings. The van der Waals surface area contributed by atoms with E-state index < -0.39 is 0 Å². The van der Waals surface area contributed by atoms with Crippen LogP contribution in [-0.2, 0) is 0 Å². The van der Waals surface area contributed by atoms with Crippen LogP contribution in [0.1, 0.15) is 64.4 Å². The van der Waals surface area contributed by atoms with Gasteiger partial charge in [-0.2, -0.15) is 0 Å². The van der Waals surface area contributed by atoms with Crippen LogP contribution in [0.3, 0.4) is 0 Å². The minimum absolute atomic E-state index is 0.0952. The highest BCUT2D eigenvalue weighted by molar-refractivity contribution is 7.65. The lowest BCUT2D eigenvalue weighted by molar-refractivity contribution is 0.704. The third-order valence-corrected chi connectivity index (χ3v) is 6.66. The molecule has 1 unspecified atom stereocenters. The summed E-state index contributed by atoms with van der Waals surface area (Å²) in [5, 5.41) is 1.67. The van der Waals surface area contributed by atoms with Gasteiger partial charge in [-0.05, 0) is 43.0 Å². The summed E-state index contributed by atoms with van der Waals surface area (Å²) >= 11 is 0. The van der Waals surface area contributed by atoms with Gasteiger partial charge >= 0.3 is 0 Å². The van der Waals surface area contributed by atoms with Crippen molar-refractivity contribution in [2.24, 2.45) is 0 Å². The second-order valence-corrected chi connectivity index (χ2v) is 8.00. The van der Waals surface area contributed by atoms with Crippen LogP contribution in [0, 0.1) is 6.92 Å². The SMILES string of the molecule is CCCCCCP(CCCCC)c1ccccc1C. The maximum absolute atomic E-state index is 2.38. The van der Waals surface area contributed by atoms with E-state index in [0.29, 0.717) is 0 Å². The first-order valence-corrected chi connectivity index (χ1v) is 9.81. The standard InChI is InChI=1S/C18H31P/c1-4-6-8-12-16-19(15-11-7-5-2)18-14-10-9-13-17(18)3/h9-10,13-14H,4-8,11-12,15-16H2,1-3H3. The number of rotatable bonds is 10. The Hall–Kier alpha value is -0.350. The molecule has 0 radical (unpaired) electrons. The predicted octanol–water partition coefficient (Wildman–Crippen LogP) is 5.87. The summed E-state index contributed by atoms with van der Waals surface area (Å²) in [6.07, 6.45) is 12.7. The summed E-state index contributed by atoms with van der Waals surface area (Å²) in [4.78, 5) is 0. The molecule has 1 atom stereocenters. The Morgan fingerprint density at radius 1 is 0.789 bits per heavy atom. The van der Waals surface area contributed by atoms with Crippen LogP contribution in [0.5, 0.6) is 0 Å². The Bertz CT molecular complexity index is 332. The number of hydrogen-bond donors (Lipinski definition) is 0. The highest BCUT2D eigenvalue weighted by Crippen LogP contribution is 2.38. The van der Waals surface area contributed by atoms with E-state index in [9.17, 15) is 0 Å². The third kappa shape index (κ3) is 6.57. The zero-order valence-electron chi connectivity index (χ0n) is 13.1. The van der Waals surface area contributed by atoms with E-state index in [-0.39, 0.29) is 7.92 Å². The maximum Gasteiger partial charge on any atom is -0.0211 e. The van der Waals surface area contributed by atoms with Crippen molar-refractivity contribution in [3.8, 4) is 0 Å². The molecular formula is C18H31P. The average Bonchev–Trinajstić information content (AvgIpc) is 2.42. The van der Waals surface area contributed by atoms with Crippen molar-refractivity contribution in [3.63, 3.8) is 0 Å². The Balaban J connectivity index is 2.55. The smallest absolute Gasteiger partial charge is 0.0211 e. The molecule has 0 saturated heterocycles. The summed E-state index contributed by atoms with van der Waals surface area (Å²) in [5.74, 6) is 0. The average molecular weight is 278 g/mol. The van der Waals surface area contributed by atoms with Crippen LogP contribution >= 0.6 is 7.92 Å². The lowest BCUT2D eigenvalue weighted by atomic mass is 10.2. The van der Waals surface area contributed by atoms with E-state index in [0.717, 1.165) is 0 Å². The Morgan fingerprint density at radius 2 is 1.37 bits per heavy atom. The minimum atomic E-state index is 0.0952. The second kappa shape index (κ2) is 10.4. The van der Waals surface area contributed by atoms with Crippen LogP contribution < -0.4 is 5.30 Å². The third-order valence-electron chi connectivity index (χ3n) is 3.77. The van der Waals surface area contributed by atoms with Crippen LogP contribution in [0.25, 0.3) is 0 Å². The molecular weight excluding hydrogens is 247 g/mol. The molecule has 0 bridgehead atoms. The van der Waals surface area contributed by atoms with E-state index in [1.807, 2.05) is 0 Å². The Kier molecular flexibility index (Phi) is 9.18. The molecule has 19 heavy (non-hydrogen) atoms. The number of benzene rings is 1. The lowest BCUT2D eigenvalue weighted by Crippen LogP contribution is -2.10. The van der Waals surface area contributed by atoms with Gasteiger partial charge in [0.25, 0.3) is 0 Å². The zero-order chi connectivity index (χ0) is 13.9. The van der Waals surface area contributed by atoms with E-state index in [1.54, 1.807) is 5.30 Å². The molecule has 0 nitrogen and oxygen atoms in total. The topological polar surface area (TPSA) is 0 Å². The molecule has 0 aliphatic heterocycles. The molecule has 1 aromatic carbocycles. The van der Waals surface area contributed by atoms with E-state index in [1.165, 1.54) is 62.8 Å². The summed E-state index contributed by atoms with van der Waals surface area (Å²) in [5.41, 5.74) is 1.51. The first kappa shape index (κ1) is 16.7. The first-order valence-electron chi connectivity index (χ1n) is 8.10. The van der Waals surface area contributed by atoms with Gasteiger partial charge in [-0.15, -0.1) is 0 Å². The Morgan fingerprint density at radius 3 is 2.00 bits per heavy atom. The molecule has 0 amide bonds. The fourth-order valence-electron chi connectivity index (χ4n) is 2.55. The molecule has 0 spiro atoms. The maximum atomic E-state index is 2.38. The van der Waals surface area contributed by atoms with Gasteiger partial charge in [-0.25, -0.2) is 0 Å². The largest absolute Gasteiger partial charge is 0.0750 e. The van der Waals surface area contributed by atoms with Gasteiger partial charge < -0.3 is 0 Å². The zero-order valence-corrected chi connectivity index (χ0v) is 14.0. The van der Waals surface area contributed by atoms with Crippen molar-refractivity contribution < 1.29 is 0 Å². The van der Waals surface area contributed by atoms with Crippen molar-refractivity contribution >= 4 is 13.2 Å². The van der Waals surface area contributed by atoms with Crippen molar-refractivity contribution in [1.82, 2.24) is 0 Å². The molecule has 0 aliphatic rings. The molecule has 0 saturated carbocycles. The summed E-state index contributed by atoms with van der Waals surface area (Å²) in [6.45, 7) is 6.89. The Labute approximate surface area is 121 Å². The fourth-order valence-corrected chi connectivity index (χ4v) is 5.34. The fraction of sp³-hybridized carbons (Fsp3) is 0.667. The molecule has 1 aromatic rings. The molecule has 0 aliphatic carbocycles. The molecule has 0 aromatic heterocycles. The molecule has 1 rings (SSSR count). The second-order valence-electron chi connectivity index (χ2n) is 5.54. The van der Waals surface area contributed by atoms with E-state index in [4.69, 9.17) is 0 Å². The summed E-state index contributed by atoms with van der Waals surface area (Å²) in [7, 11) is 0.0952. The monoisotopic (exact) mass is 278 g/mol. The van der Waals surface area contributed by atoms with Crippen molar-refractivity contribution in [2.45, 2.75) is 65.7 Å². The molecule has 108 valence electrons.